The van der Waals surface area contributed by atoms with Gasteiger partial charge in [-0.3, -0.25) is 14.1 Å². The Morgan fingerprint density at radius 2 is 1.38 bits per heavy atom. The molecule has 11 rings (SSSR count). The van der Waals surface area contributed by atoms with Crippen LogP contribution in [-0.2, 0) is 0 Å². The van der Waals surface area contributed by atoms with E-state index >= 15 is 0 Å². The first-order valence-corrected chi connectivity index (χ1v) is 15.8. The van der Waals surface area contributed by atoms with E-state index in [4.69, 9.17) is 24.9 Å². The summed E-state index contributed by atoms with van der Waals surface area (Å²) in [5, 5.41) is 2.12. The number of hydrogen-bond acceptors (Lipinski definition) is 7. The molecule has 2 aliphatic rings. The molecule has 0 radical (unpaired) electrons. The quantitative estimate of drug-likeness (QED) is 0.247. The van der Waals surface area contributed by atoms with E-state index in [9.17, 15) is 0 Å². The number of anilines is 3. The minimum Gasteiger partial charge on any atom is -0.308 e. The van der Waals surface area contributed by atoms with Gasteiger partial charge in [0.1, 0.15) is 17.6 Å². The van der Waals surface area contributed by atoms with Gasteiger partial charge in [-0.15, -0.1) is 0 Å². The third kappa shape index (κ3) is 3.25. The average Bonchev–Trinajstić information content (AvgIpc) is 3.68. The van der Waals surface area contributed by atoms with Crippen molar-refractivity contribution in [2.75, 3.05) is 4.90 Å². The number of aromatic nitrogens is 8. The molecule has 222 valence electrons. The molecule has 0 saturated heterocycles. The van der Waals surface area contributed by atoms with Crippen LogP contribution in [0.15, 0.2) is 134 Å². The van der Waals surface area contributed by atoms with Crippen LogP contribution in [0.4, 0.5) is 17.1 Å². The van der Waals surface area contributed by atoms with Crippen molar-refractivity contribution in [3.8, 4) is 22.8 Å². The first-order chi connectivity index (χ1) is 23.9. The molecule has 0 saturated carbocycles. The Morgan fingerprint density at radius 1 is 0.604 bits per heavy atom. The van der Waals surface area contributed by atoms with E-state index in [-0.39, 0.29) is 6.71 Å². The largest absolute Gasteiger partial charge is 0.308 e. The molecule has 0 unspecified atom stereocenters. The minimum atomic E-state index is -0.148. The van der Waals surface area contributed by atoms with Gasteiger partial charge in [0.05, 0.1) is 28.3 Å². The second-order valence-electron chi connectivity index (χ2n) is 12.1. The Morgan fingerprint density at radius 3 is 2.21 bits per heavy atom. The first-order valence-electron chi connectivity index (χ1n) is 15.8. The molecule has 9 aromatic rings. The van der Waals surface area contributed by atoms with E-state index in [1.54, 1.807) is 18.7 Å². The van der Waals surface area contributed by atoms with E-state index in [2.05, 4.69) is 91.8 Å². The molecule has 6 aromatic heterocycles. The summed E-state index contributed by atoms with van der Waals surface area (Å²) < 4.78 is 4.65. The summed E-state index contributed by atoms with van der Waals surface area (Å²) in [5.41, 5.74) is 13.1. The van der Waals surface area contributed by atoms with Crippen LogP contribution in [0.3, 0.4) is 0 Å². The second kappa shape index (κ2) is 9.43. The number of nitrogens with zero attached hydrogens (tertiary/aromatic N) is 9. The fourth-order valence-corrected chi connectivity index (χ4v) is 7.85. The molecule has 2 aliphatic heterocycles. The smallest absolute Gasteiger partial charge is 0.275 e. The van der Waals surface area contributed by atoms with Crippen molar-refractivity contribution in [3.05, 3.63) is 134 Å². The zero-order valence-electron chi connectivity index (χ0n) is 25.3. The highest BCUT2D eigenvalue weighted by Gasteiger charge is 2.44. The number of fused-ring (bicyclic) bond motifs is 9. The third-order valence-electron chi connectivity index (χ3n) is 9.64. The SMILES string of the molecule is c1ccc(N2c3cncnc3B3c4c2cc(-c2ncccn2)cc4-n2c4c3ccnc4c3c4cccnc4n(-c4ccccc4)c32)cc1. The summed E-state index contributed by atoms with van der Waals surface area (Å²) in [5.74, 6) is 0.651. The lowest BCUT2D eigenvalue weighted by molar-refractivity contribution is 1.05. The molecule has 10 heteroatoms. The standard InChI is InChI=1S/C38H22BN9/c1-3-9-24(10-4-1)46-28-19-23(36-42-16-8-17-43-36)20-29-32(28)39(35-30(46)21-40-22-45-35)27-14-18-41-33-31-26-13-7-15-44-37(26)47(25-11-5-2-6-12-25)38(31)48(29)34(27)33/h1-22H. The van der Waals surface area contributed by atoms with Crippen LogP contribution in [0, 0.1) is 0 Å². The predicted octanol–water partition coefficient (Wildman–Crippen LogP) is 5.38. The van der Waals surface area contributed by atoms with Gasteiger partial charge in [0.15, 0.2) is 5.82 Å². The number of para-hydroxylation sites is 2. The van der Waals surface area contributed by atoms with E-state index in [0.29, 0.717) is 5.82 Å². The van der Waals surface area contributed by atoms with Gasteiger partial charge >= 0.3 is 0 Å². The Labute approximate surface area is 273 Å². The molecule has 48 heavy (non-hydrogen) atoms. The Bertz CT molecular complexity index is 2740. The fraction of sp³-hybridized carbons (Fsp3) is 0. The molecular weight excluding hydrogens is 593 g/mol. The average molecular weight is 615 g/mol. The van der Waals surface area contributed by atoms with Crippen molar-refractivity contribution < 1.29 is 0 Å². The van der Waals surface area contributed by atoms with Crippen LogP contribution in [0.5, 0.6) is 0 Å². The fourth-order valence-electron chi connectivity index (χ4n) is 7.85. The molecule has 0 atom stereocenters. The molecule has 0 N–H and O–H groups in total. The summed E-state index contributed by atoms with van der Waals surface area (Å²) in [6, 6.07) is 33.4. The van der Waals surface area contributed by atoms with E-state index in [1.807, 2.05) is 42.9 Å². The van der Waals surface area contributed by atoms with Crippen molar-refractivity contribution in [2.45, 2.75) is 0 Å². The molecule has 0 spiro atoms. The molecule has 0 fully saturated rings. The van der Waals surface area contributed by atoms with Crippen molar-refractivity contribution in [1.29, 1.82) is 0 Å². The van der Waals surface area contributed by atoms with E-state index in [0.717, 1.165) is 83.6 Å². The zero-order chi connectivity index (χ0) is 31.3. The molecule has 0 amide bonds. The van der Waals surface area contributed by atoms with Crippen molar-refractivity contribution in [2.24, 2.45) is 0 Å². The highest BCUT2D eigenvalue weighted by molar-refractivity contribution is 6.99. The van der Waals surface area contributed by atoms with Gasteiger partial charge in [-0.25, -0.2) is 24.9 Å². The van der Waals surface area contributed by atoms with Gasteiger partial charge in [-0.05, 0) is 71.6 Å². The van der Waals surface area contributed by atoms with Crippen molar-refractivity contribution in [3.63, 3.8) is 0 Å². The topological polar surface area (TPSA) is 90.4 Å². The van der Waals surface area contributed by atoms with Crippen LogP contribution >= 0.6 is 0 Å². The highest BCUT2D eigenvalue weighted by atomic mass is 15.2. The zero-order valence-corrected chi connectivity index (χ0v) is 25.3. The number of hydrogen-bond donors (Lipinski definition) is 0. The molecular formula is C38H22BN9. The van der Waals surface area contributed by atoms with Gasteiger partial charge in [0.25, 0.3) is 6.71 Å². The summed E-state index contributed by atoms with van der Waals surface area (Å²) in [7, 11) is 0. The summed E-state index contributed by atoms with van der Waals surface area (Å²) in [6.07, 6.45) is 11.0. The number of rotatable bonds is 3. The molecule has 8 heterocycles. The monoisotopic (exact) mass is 615 g/mol. The summed E-state index contributed by atoms with van der Waals surface area (Å²) in [4.78, 5) is 31.2. The number of benzene rings is 3. The van der Waals surface area contributed by atoms with E-state index in [1.165, 1.54) is 0 Å². The summed E-state index contributed by atoms with van der Waals surface area (Å²) >= 11 is 0. The van der Waals surface area contributed by atoms with E-state index < -0.39 is 0 Å². The van der Waals surface area contributed by atoms with Crippen LogP contribution in [-0.4, -0.2) is 45.8 Å². The normalized spacial score (nSPS) is 12.9. The Balaban J connectivity index is 1.38. The van der Waals surface area contributed by atoms with Crippen LogP contribution in [0.25, 0.3) is 55.9 Å². The van der Waals surface area contributed by atoms with Gasteiger partial charge in [-0.2, -0.15) is 0 Å². The molecule has 0 bridgehead atoms. The van der Waals surface area contributed by atoms with Crippen LogP contribution < -0.4 is 21.4 Å². The molecule has 3 aromatic carbocycles. The van der Waals surface area contributed by atoms with Gasteiger partial charge < -0.3 is 4.90 Å². The van der Waals surface area contributed by atoms with Crippen LogP contribution in [0.1, 0.15) is 0 Å². The maximum absolute atomic E-state index is 5.08. The summed E-state index contributed by atoms with van der Waals surface area (Å²) in [6.45, 7) is -0.148. The third-order valence-corrected chi connectivity index (χ3v) is 9.64. The Hall–Kier alpha value is -6.68. The van der Waals surface area contributed by atoms with Crippen LogP contribution in [0.2, 0.25) is 0 Å². The van der Waals surface area contributed by atoms with Gasteiger partial charge in [0, 0.05) is 64.1 Å². The highest BCUT2D eigenvalue weighted by Crippen LogP contribution is 2.44. The first kappa shape index (κ1) is 25.5. The maximum atomic E-state index is 5.08. The minimum absolute atomic E-state index is 0.148. The van der Waals surface area contributed by atoms with Gasteiger partial charge in [-0.1, -0.05) is 36.4 Å². The van der Waals surface area contributed by atoms with Gasteiger partial charge in [0.2, 0.25) is 0 Å². The second-order valence-corrected chi connectivity index (χ2v) is 12.1. The predicted molar refractivity (Wildman–Crippen MR) is 189 cm³/mol. The lowest BCUT2D eigenvalue weighted by Gasteiger charge is -2.39. The molecule has 0 aliphatic carbocycles. The van der Waals surface area contributed by atoms with Crippen molar-refractivity contribution >= 4 is 73.4 Å². The Kier molecular flexibility index (Phi) is 5.01. The lowest BCUT2D eigenvalue weighted by atomic mass is 9.35. The molecule has 9 nitrogen and oxygen atoms in total. The van der Waals surface area contributed by atoms with Crippen molar-refractivity contribution in [1.82, 2.24) is 39.0 Å². The lowest BCUT2D eigenvalue weighted by Crippen LogP contribution is -2.61. The number of pyridine rings is 2. The maximum Gasteiger partial charge on any atom is 0.275 e.